The predicted octanol–water partition coefficient (Wildman–Crippen LogP) is 1.97. The van der Waals surface area contributed by atoms with Crippen LogP contribution in [0.3, 0.4) is 0 Å². The van der Waals surface area contributed by atoms with Crippen LogP contribution in [0.2, 0.25) is 0 Å². The summed E-state index contributed by atoms with van der Waals surface area (Å²) in [7, 11) is 0. The number of ether oxygens (including phenoxy) is 1. The Kier molecular flexibility index (Phi) is 2.46. The smallest absolute Gasteiger partial charge is 0.301 e. The van der Waals surface area contributed by atoms with Crippen LogP contribution in [0.25, 0.3) is 0 Å². The number of halogens is 3. The minimum absolute atomic E-state index is 0.826. The lowest BCUT2D eigenvalue weighted by molar-refractivity contribution is -0.144. The monoisotopic (exact) mass is 129 g/mol. The molecule has 0 aromatic rings. The molecule has 4 heteroatoms. The van der Waals surface area contributed by atoms with Gasteiger partial charge in [-0.1, -0.05) is 0 Å². The van der Waals surface area contributed by atoms with Crippen LogP contribution < -0.4 is 0 Å². The summed E-state index contributed by atoms with van der Waals surface area (Å²) in [6, 6.07) is 0. The molecule has 0 amide bonds. The van der Waals surface area contributed by atoms with Gasteiger partial charge in [-0.15, -0.1) is 0 Å². The lowest BCUT2D eigenvalue weighted by atomic mass is 10.9. The molecule has 0 aliphatic heterocycles. The van der Waals surface area contributed by atoms with Gasteiger partial charge in [0, 0.05) is 0 Å². The van der Waals surface area contributed by atoms with E-state index in [0.29, 0.717) is 0 Å². The van der Waals surface area contributed by atoms with E-state index in [4.69, 9.17) is 0 Å². The van der Waals surface area contributed by atoms with Crippen molar-refractivity contribution in [3.63, 3.8) is 0 Å². The summed E-state index contributed by atoms with van der Waals surface area (Å²) in [5, 5.41) is 0. The third-order valence-corrected chi connectivity index (χ3v) is 0.341. The van der Waals surface area contributed by atoms with Gasteiger partial charge in [-0.05, 0) is 18.5 Å². The first-order valence-corrected chi connectivity index (χ1v) is 1.96. The van der Waals surface area contributed by atoms with Gasteiger partial charge in [-0.25, -0.2) is 0 Å². The fourth-order valence-corrected chi connectivity index (χ4v) is 0.223. The Balaban J connectivity index is 3.15. The Morgan fingerprint density at radius 3 is 2.14 bits per heavy atom. The first-order valence-electron chi connectivity index (χ1n) is 1.58. The summed E-state index contributed by atoms with van der Waals surface area (Å²) in [5.41, 5.74) is -3.53. The molecule has 7 heavy (non-hydrogen) atoms. The van der Waals surface area contributed by atoms with Gasteiger partial charge in [0.25, 0.3) is 0 Å². The van der Waals surface area contributed by atoms with E-state index < -0.39 is 5.57 Å². The summed E-state index contributed by atoms with van der Waals surface area (Å²) < 4.78 is 26.0. The minimum atomic E-state index is -3.53. The van der Waals surface area contributed by atoms with Gasteiger partial charge in [0.1, 0.15) is 0 Å². The molecule has 0 saturated carbocycles. The van der Waals surface area contributed by atoms with Crippen LogP contribution in [0.4, 0.5) is 8.78 Å². The predicted molar refractivity (Wildman–Crippen MR) is 21.9 cm³/mol. The zero-order chi connectivity index (χ0) is 5.91. The van der Waals surface area contributed by atoms with Crippen LogP contribution >= 0.6 is 11.6 Å². The van der Waals surface area contributed by atoms with Gasteiger partial charge in [0.05, 0.1) is 6.61 Å². The molecule has 0 aromatic heterocycles. The van der Waals surface area contributed by atoms with Gasteiger partial charge in [0.2, 0.25) is 0 Å². The van der Waals surface area contributed by atoms with Gasteiger partial charge in [-0.3, -0.25) is 0 Å². The number of rotatable bonds is 2. The van der Waals surface area contributed by atoms with Crippen LogP contribution in [0.15, 0.2) is 0 Å². The van der Waals surface area contributed by atoms with Crippen molar-refractivity contribution in [1.29, 1.82) is 0 Å². The van der Waals surface area contributed by atoms with Gasteiger partial charge in [0.15, 0.2) is 0 Å². The lowest BCUT2D eigenvalue weighted by Crippen LogP contribution is -2.07. The van der Waals surface area contributed by atoms with Crippen molar-refractivity contribution in [3.8, 4) is 0 Å². The largest absolute Gasteiger partial charge is 0.440 e. The molecule has 0 fully saturated rings. The van der Waals surface area contributed by atoms with Crippen molar-refractivity contribution in [2.45, 2.75) is 12.5 Å². The van der Waals surface area contributed by atoms with E-state index in [1.807, 2.05) is 0 Å². The SMILES string of the molecule is C[CH]OC(F)(F)Cl. The second-order valence-corrected chi connectivity index (χ2v) is 1.24. The summed E-state index contributed by atoms with van der Waals surface area (Å²) in [4.78, 5) is 0. The summed E-state index contributed by atoms with van der Waals surface area (Å²) in [6.07, 6.45) is 0. The highest BCUT2D eigenvalue weighted by Crippen LogP contribution is 2.20. The topological polar surface area (TPSA) is 9.23 Å². The molecule has 0 rings (SSSR count). The average Bonchev–Trinajstić information content (AvgIpc) is 1.30. The zero-order valence-electron chi connectivity index (χ0n) is 3.62. The maximum atomic E-state index is 11.2. The van der Waals surface area contributed by atoms with Crippen molar-refractivity contribution < 1.29 is 13.5 Å². The van der Waals surface area contributed by atoms with Gasteiger partial charge >= 0.3 is 5.57 Å². The highest BCUT2D eigenvalue weighted by atomic mass is 35.5. The maximum Gasteiger partial charge on any atom is 0.440 e. The molecule has 1 nitrogen and oxygen atoms in total. The molecule has 0 atom stereocenters. The van der Waals surface area contributed by atoms with Crippen LogP contribution in [0, 0.1) is 6.61 Å². The van der Waals surface area contributed by atoms with Crippen molar-refractivity contribution in [1.82, 2.24) is 0 Å². The van der Waals surface area contributed by atoms with Crippen LogP contribution in [-0.4, -0.2) is 5.57 Å². The third kappa shape index (κ3) is 6.11. The Morgan fingerprint density at radius 1 is 1.71 bits per heavy atom. The van der Waals surface area contributed by atoms with E-state index in [1.165, 1.54) is 6.92 Å². The molecular formula is C3H4ClF2O. The number of alkyl halides is 3. The van der Waals surface area contributed by atoms with Crippen molar-refractivity contribution in [2.75, 3.05) is 0 Å². The average molecular weight is 130 g/mol. The van der Waals surface area contributed by atoms with Gasteiger partial charge in [-0.2, -0.15) is 8.78 Å². The summed E-state index contributed by atoms with van der Waals surface area (Å²) >= 11 is 4.25. The Morgan fingerprint density at radius 2 is 2.14 bits per heavy atom. The first kappa shape index (κ1) is 7.11. The molecule has 0 aliphatic carbocycles. The molecule has 0 saturated heterocycles. The zero-order valence-corrected chi connectivity index (χ0v) is 4.38. The highest BCUT2D eigenvalue weighted by Gasteiger charge is 2.24. The Labute approximate surface area is 45.2 Å². The van der Waals surface area contributed by atoms with Crippen LogP contribution in [-0.2, 0) is 4.74 Å². The quantitative estimate of drug-likeness (QED) is 0.518. The Bertz CT molecular complexity index is 51.4. The van der Waals surface area contributed by atoms with Crippen LogP contribution in [0.5, 0.6) is 0 Å². The molecule has 0 N–H and O–H groups in total. The minimum Gasteiger partial charge on any atom is -0.301 e. The third-order valence-electron chi connectivity index (χ3n) is 0.251. The maximum absolute atomic E-state index is 11.2. The molecule has 0 unspecified atom stereocenters. The highest BCUT2D eigenvalue weighted by molar-refractivity contribution is 6.20. The fourth-order valence-electron chi connectivity index (χ4n) is 0.134. The lowest BCUT2D eigenvalue weighted by Gasteiger charge is -2.03. The van der Waals surface area contributed by atoms with Crippen molar-refractivity contribution in [2.24, 2.45) is 0 Å². The first-order chi connectivity index (χ1) is 3.06. The van der Waals surface area contributed by atoms with E-state index in [1.54, 1.807) is 0 Å². The van der Waals surface area contributed by atoms with E-state index in [0.717, 1.165) is 6.61 Å². The van der Waals surface area contributed by atoms with E-state index >= 15 is 0 Å². The molecule has 0 aliphatic rings. The van der Waals surface area contributed by atoms with E-state index in [2.05, 4.69) is 16.3 Å². The molecule has 0 bridgehead atoms. The fraction of sp³-hybridized carbons (Fsp3) is 0.667. The van der Waals surface area contributed by atoms with Crippen molar-refractivity contribution >= 4 is 11.6 Å². The standard InChI is InChI=1S/C3H4ClF2O/c1-2-7-3(4,5)6/h2H,1H3. The number of hydrogen-bond donors (Lipinski definition) is 0. The number of hydrogen-bond acceptors (Lipinski definition) is 1. The molecule has 43 valence electrons. The van der Waals surface area contributed by atoms with Crippen LogP contribution in [0.1, 0.15) is 6.92 Å². The molecule has 1 radical (unpaired) electrons. The second kappa shape index (κ2) is 2.43. The molecular weight excluding hydrogens is 125 g/mol. The van der Waals surface area contributed by atoms with E-state index in [9.17, 15) is 8.78 Å². The summed E-state index contributed by atoms with van der Waals surface area (Å²) in [5.74, 6) is 0. The van der Waals surface area contributed by atoms with Crippen molar-refractivity contribution in [3.05, 3.63) is 6.61 Å². The molecule has 0 heterocycles. The van der Waals surface area contributed by atoms with E-state index in [-0.39, 0.29) is 0 Å². The molecule has 0 spiro atoms. The molecule has 0 aromatic carbocycles. The Hall–Kier alpha value is 0.110. The van der Waals surface area contributed by atoms with Gasteiger partial charge < -0.3 is 4.74 Å². The normalized spacial score (nSPS) is 12.0. The second-order valence-electron chi connectivity index (χ2n) is 0.799. The summed E-state index contributed by atoms with van der Waals surface area (Å²) in [6.45, 7) is 2.14.